The third kappa shape index (κ3) is 2.66. The molecule has 1 atom stereocenters. The van der Waals surface area contributed by atoms with E-state index in [1.165, 1.54) is 24.3 Å². The summed E-state index contributed by atoms with van der Waals surface area (Å²) in [4.78, 5) is 0.582. The maximum Gasteiger partial charge on any atom is 0.132 e. The van der Waals surface area contributed by atoms with Crippen LogP contribution in [-0.4, -0.2) is 5.11 Å². The average Bonchev–Trinajstić information content (AvgIpc) is 2.63. The van der Waals surface area contributed by atoms with Crippen molar-refractivity contribution in [2.24, 2.45) is 0 Å². The molecule has 0 saturated heterocycles. The number of benzene rings is 1. The van der Waals surface area contributed by atoms with Crippen LogP contribution in [0.1, 0.15) is 22.1 Å². The Hall–Kier alpha value is -0.300. The number of thiophene rings is 1. The molecular weight excluding hydrogens is 390 g/mol. The van der Waals surface area contributed by atoms with E-state index in [0.29, 0.717) is 10.4 Å². The molecule has 2 rings (SSSR count). The summed E-state index contributed by atoms with van der Waals surface area (Å²) in [6.07, 6.45) is -1.10. The minimum absolute atomic E-state index is 0.0788. The lowest BCUT2D eigenvalue weighted by molar-refractivity contribution is 0.218. The molecule has 1 heterocycles. The number of rotatable bonds is 2. The molecule has 0 spiro atoms. The summed E-state index contributed by atoms with van der Waals surface area (Å²) in [6, 6.07) is 3.83. The minimum atomic E-state index is -1.10. The fraction of sp³-hybridized carbons (Fsp3) is 0.167. The fourth-order valence-electron chi connectivity index (χ4n) is 1.54. The zero-order chi connectivity index (χ0) is 13.4. The van der Waals surface area contributed by atoms with Gasteiger partial charge in [0.25, 0.3) is 0 Å². The first kappa shape index (κ1) is 14.1. The second-order valence-electron chi connectivity index (χ2n) is 3.80. The average molecular weight is 398 g/mol. The third-order valence-corrected chi connectivity index (χ3v) is 5.81. The van der Waals surface area contributed by atoms with Gasteiger partial charge in [-0.1, -0.05) is 0 Å². The van der Waals surface area contributed by atoms with Crippen LogP contribution in [-0.2, 0) is 0 Å². The number of hydrogen-bond donors (Lipinski definition) is 1. The van der Waals surface area contributed by atoms with Crippen molar-refractivity contribution in [3.05, 3.63) is 54.1 Å². The first-order valence-corrected chi connectivity index (χ1v) is 7.38. The highest BCUT2D eigenvalue weighted by atomic mass is 79.9. The molecule has 0 aliphatic rings. The maximum absolute atomic E-state index is 13.7. The van der Waals surface area contributed by atoms with E-state index in [9.17, 15) is 13.9 Å². The quantitative estimate of drug-likeness (QED) is 0.760. The van der Waals surface area contributed by atoms with E-state index in [1.54, 1.807) is 6.07 Å². The lowest BCUT2D eigenvalue weighted by atomic mass is 10.0. The van der Waals surface area contributed by atoms with Crippen molar-refractivity contribution >= 4 is 43.2 Å². The largest absolute Gasteiger partial charge is 0.383 e. The number of hydrogen-bond acceptors (Lipinski definition) is 2. The highest BCUT2D eigenvalue weighted by Gasteiger charge is 2.20. The molecule has 1 aromatic heterocycles. The van der Waals surface area contributed by atoms with Gasteiger partial charge < -0.3 is 5.11 Å². The third-order valence-electron chi connectivity index (χ3n) is 2.51. The summed E-state index contributed by atoms with van der Waals surface area (Å²) in [6.45, 7) is 1.53. The fourth-order valence-corrected chi connectivity index (χ4v) is 3.64. The van der Waals surface area contributed by atoms with Gasteiger partial charge in [-0.3, -0.25) is 0 Å². The summed E-state index contributed by atoms with van der Waals surface area (Å²) < 4.78 is 28.4. The molecule has 0 amide bonds. The number of aryl methyl sites for hydroxylation is 1. The van der Waals surface area contributed by atoms with Gasteiger partial charge in [0.15, 0.2) is 0 Å². The second kappa shape index (κ2) is 5.36. The Kier molecular flexibility index (Phi) is 4.21. The minimum Gasteiger partial charge on any atom is -0.383 e. The Morgan fingerprint density at radius 3 is 2.39 bits per heavy atom. The Bertz CT molecular complexity index is 579. The van der Waals surface area contributed by atoms with Gasteiger partial charge in [-0.15, -0.1) is 11.3 Å². The molecule has 18 heavy (non-hydrogen) atoms. The summed E-state index contributed by atoms with van der Waals surface area (Å²) in [5.74, 6) is -1.36. The van der Waals surface area contributed by atoms with Crippen LogP contribution in [0.25, 0.3) is 0 Å². The van der Waals surface area contributed by atoms with Crippen molar-refractivity contribution in [3.63, 3.8) is 0 Å². The van der Waals surface area contributed by atoms with Crippen LogP contribution in [0, 0.1) is 18.6 Å². The molecule has 0 aliphatic carbocycles. The zero-order valence-corrected chi connectivity index (χ0v) is 13.2. The molecule has 0 radical (unpaired) electrons. The van der Waals surface area contributed by atoms with Crippen LogP contribution < -0.4 is 0 Å². The molecular formula is C12H8Br2F2OS. The first-order chi connectivity index (χ1) is 8.40. The van der Waals surface area contributed by atoms with Crippen molar-refractivity contribution < 1.29 is 13.9 Å². The van der Waals surface area contributed by atoms with Gasteiger partial charge >= 0.3 is 0 Å². The Labute approximate surface area is 124 Å². The van der Waals surface area contributed by atoms with Crippen LogP contribution in [0.15, 0.2) is 26.5 Å². The molecule has 0 saturated carbocycles. The molecule has 0 bridgehead atoms. The number of aliphatic hydroxyl groups excluding tert-OH is 1. The molecule has 0 aliphatic heterocycles. The molecule has 1 aromatic carbocycles. The zero-order valence-electron chi connectivity index (χ0n) is 9.18. The SMILES string of the molecule is Cc1cc(C(O)c2cc(Br)c(Br)s2)c(F)cc1F. The van der Waals surface area contributed by atoms with Gasteiger partial charge in [-0.2, -0.15) is 0 Å². The Balaban J connectivity index is 2.45. The van der Waals surface area contributed by atoms with E-state index < -0.39 is 17.7 Å². The van der Waals surface area contributed by atoms with Crippen molar-refractivity contribution in [2.75, 3.05) is 0 Å². The molecule has 1 nitrogen and oxygen atoms in total. The highest BCUT2D eigenvalue weighted by Crippen LogP contribution is 2.38. The predicted molar refractivity (Wildman–Crippen MR) is 74.9 cm³/mol. The lowest BCUT2D eigenvalue weighted by Crippen LogP contribution is -2.02. The first-order valence-electron chi connectivity index (χ1n) is 4.98. The van der Waals surface area contributed by atoms with Crippen LogP contribution >= 0.6 is 43.2 Å². The molecule has 1 N–H and O–H groups in total. The molecule has 2 aromatic rings. The van der Waals surface area contributed by atoms with Crippen LogP contribution in [0.4, 0.5) is 8.78 Å². The van der Waals surface area contributed by atoms with Crippen molar-refractivity contribution in [1.29, 1.82) is 0 Å². The number of aliphatic hydroxyl groups is 1. The van der Waals surface area contributed by atoms with Gasteiger partial charge in [0, 0.05) is 21.0 Å². The lowest BCUT2D eigenvalue weighted by Gasteiger charge is -2.11. The summed E-state index contributed by atoms with van der Waals surface area (Å²) >= 11 is 7.90. The van der Waals surface area contributed by atoms with E-state index in [2.05, 4.69) is 31.9 Å². The monoisotopic (exact) mass is 396 g/mol. The van der Waals surface area contributed by atoms with E-state index >= 15 is 0 Å². The molecule has 0 fully saturated rings. The van der Waals surface area contributed by atoms with Gasteiger partial charge in [0.05, 0.1) is 3.79 Å². The van der Waals surface area contributed by atoms with Gasteiger partial charge in [0.2, 0.25) is 0 Å². The van der Waals surface area contributed by atoms with Gasteiger partial charge in [0.1, 0.15) is 17.7 Å². The van der Waals surface area contributed by atoms with E-state index in [0.717, 1.165) is 14.3 Å². The van der Waals surface area contributed by atoms with Crippen molar-refractivity contribution in [1.82, 2.24) is 0 Å². The van der Waals surface area contributed by atoms with Gasteiger partial charge in [-0.25, -0.2) is 8.78 Å². The molecule has 96 valence electrons. The van der Waals surface area contributed by atoms with Crippen molar-refractivity contribution in [3.8, 4) is 0 Å². The summed E-state index contributed by atoms with van der Waals surface area (Å²) in [5, 5.41) is 10.1. The van der Waals surface area contributed by atoms with Gasteiger partial charge in [-0.05, 0) is 56.5 Å². The van der Waals surface area contributed by atoms with E-state index in [-0.39, 0.29) is 5.56 Å². The smallest absolute Gasteiger partial charge is 0.132 e. The Morgan fingerprint density at radius 2 is 1.83 bits per heavy atom. The van der Waals surface area contributed by atoms with Crippen LogP contribution in [0.5, 0.6) is 0 Å². The Morgan fingerprint density at radius 1 is 1.17 bits per heavy atom. The van der Waals surface area contributed by atoms with Crippen molar-refractivity contribution in [2.45, 2.75) is 13.0 Å². The van der Waals surface area contributed by atoms with E-state index in [1.807, 2.05) is 0 Å². The van der Waals surface area contributed by atoms with Crippen LogP contribution in [0.3, 0.4) is 0 Å². The summed E-state index contributed by atoms with van der Waals surface area (Å²) in [7, 11) is 0. The normalized spacial score (nSPS) is 12.8. The molecule has 6 heteroatoms. The molecule has 1 unspecified atom stereocenters. The van der Waals surface area contributed by atoms with Crippen LogP contribution in [0.2, 0.25) is 0 Å². The van der Waals surface area contributed by atoms with E-state index in [4.69, 9.17) is 0 Å². The maximum atomic E-state index is 13.7. The predicted octanol–water partition coefficient (Wildman–Crippen LogP) is 4.94. The standard InChI is InChI=1S/C12H8Br2F2OS/c1-5-2-6(9(16)4-8(5)15)11(17)10-3-7(13)12(14)18-10/h2-4,11,17H,1H3. The highest BCUT2D eigenvalue weighted by molar-refractivity contribution is 9.13. The summed E-state index contributed by atoms with van der Waals surface area (Å²) in [5.41, 5.74) is 0.385. The second-order valence-corrected chi connectivity index (χ2v) is 7.05. The topological polar surface area (TPSA) is 20.2 Å². The number of halogens is 4.